The number of hydrogen-bond acceptors (Lipinski definition) is 2. The van der Waals surface area contributed by atoms with Crippen LogP contribution in [-0.4, -0.2) is 14.5 Å². The summed E-state index contributed by atoms with van der Waals surface area (Å²) in [6.45, 7) is 8.76. The van der Waals surface area contributed by atoms with Crippen molar-refractivity contribution in [3.8, 4) is 0 Å². The van der Waals surface area contributed by atoms with E-state index in [1.54, 1.807) is 0 Å². The van der Waals surface area contributed by atoms with E-state index in [2.05, 4.69) is 24.5 Å². The predicted octanol–water partition coefficient (Wildman–Crippen LogP) is 5.18. The molecule has 1 fully saturated rings. The van der Waals surface area contributed by atoms with Crippen LogP contribution < -0.4 is 0 Å². The Morgan fingerprint density at radius 1 is 1.33 bits per heavy atom. The highest BCUT2D eigenvalue weighted by molar-refractivity contribution is 6.20. The SMILES string of the molecule is Cc1ccc2nc(C(C)Cl)n(C3CCCC(C)(C)C3)c2n1. The van der Waals surface area contributed by atoms with Gasteiger partial charge < -0.3 is 4.57 Å². The quantitative estimate of drug-likeness (QED) is 0.716. The minimum absolute atomic E-state index is 0.0930. The van der Waals surface area contributed by atoms with Crippen molar-refractivity contribution < 1.29 is 0 Å². The summed E-state index contributed by atoms with van der Waals surface area (Å²) in [6, 6.07) is 4.54. The molecular formula is C17H24ClN3. The van der Waals surface area contributed by atoms with Crippen molar-refractivity contribution in [2.75, 3.05) is 0 Å². The van der Waals surface area contributed by atoms with Crippen molar-refractivity contribution in [3.63, 3.8) is 0 Å². The molecule has 0 spiro atoms. The molecule has 21 heavy (non-hydrogen) atoms. The molecule has 0 N–H and O–H groups in total. The molecule has 1 saturated carbocycles. The minimum atomic E-state index is -0.0930. The van der Waals surface area contributed by atoms with Gasteiger partial charge >= 0.3 is 0 Å². The van der Waals surface area contributed by atoms with Gasteiger partial charge in [-0.05, 0) is 50.7 Å². The lowest BCUT2D eigenvalue weighted by Gasteiger charge is -2.36. The second kappa shape index (κ2) is 5.28. The summed E-state index contributed by atoms with van der Waals surface area (Å²) in [5, 5.41) is -0.0930. The van der Waals surface area contributed by atoms with Crippen LogP contribution in [0.1, 0.15) is 69.4 Å². The van der Waals surface area contributed by atoms with Crippen molar-refractivity contribution in [1.82, 2.24) is 14.5 Å². The average molecular weight is 306 g/mol. The summed E-state index contributed by atoms with van der Waals surface area (Å²) in [4.78, 5) is 9.49. The average Bonchev–Trinajstić information content (AvgIpc) is 2.76. The number of aromatic nitrogens is 3. The number of aryl methyl sites for hydroxylation is 1. The fraction of sp³-hybridized carbons (Fsp3) is 0.647. The van der Waals surface area contributed by atoms with Crippen LogP contribution in [0.15, 0.2) is 12.1 Å². The number of fused-ring (bicyclic) bond motifs is 1. The molecule has 0 saturated heterocycles. The van der Waals surface area contributed by atoms with Crippen molar-refractivity contribution in [2.24, 2.45) is 5.41 Å². The van der Waals surface area contributed by atoms with Crippen LogP contribution in [0.25, 0.3) is 11.2 Å². The highest BCUT2D eigenvalue weighted by Gasteiger charge is 2.32. The van der Waals surface area contributed by atoms with Gasteiger partial charge in [-0.3, -0.25) is 0 Å². The Morgan fingerprint density at radius 3 is 2.76 bits per heavy atom. The molecule has 3 nitrogen and oxygen atoms in total. The molecular weight excluding hydrogens is 282 g/mol. The van der Waals surface area contributed by atoms with E-state index < -0.39 is 0 Å². The second-order valence-electron chi connectivity index (χ2n) is 7.17. The Hall–Kier alpha value is -1.09. The molecule has 1 aliphatic carbocycles. The molecule has 0 amide bonds. The summed E-state index contributed by atoms with van der Waals surface area (Å²) in [6.07, 6.45) is 4.93. The molecule has 2 aromatic rings. The van der Waals surface area contributed by atoms with E-state index in [-0.39, 0.29) is 5.38 Å². The fourth-order valence-corrected chi connectivity index (χ4v) is 3.76. The first kappa shape index (κ1) is 14.8. The standard InChI is InChI=1S/C17H24ClN3/c1-11-7-8-14-16(19-11)21(15(20-14)12(2)18)13-6-5-9-17(3,4)10-13/h7-8,12-13H,5-6,9-10H2,1-4H3. The number of alkyl halides is 1. The molecule has 114 valence electrons. The zero-order valence-electron chi connectivity index (χ0n) is 13.4. The van der Waals surface area contributed by atoms with Gasteiger partial charge in [-0.15, -0.1) is 11.6 Å². The molecule has 0 bridgehead atoms. The van der Waals surface area contributed by atoms with Crippen molar-refractivity contribution in [1.29, 1.82) is 0 Å². The molecule has 1 aliphatic rings. The van der Waals surface area contributed by atoms with E-state index in [0.717, 1.165) is 22.7 Å². The molecule has 0 aliphatic heterocycles. The van der Waals surface area contributed by atoms with E-state index in [1.165, 1.54) is 25.7 Å². The van der Waals surface area contributed by atoms with Crippen LogP contribution in [0.4, 0.5) is 0 Å². The Labute approximate surface area is 131 Å². The Morgan fingerprint density at radius 2 is 2.10 bits per heavy atom. The van der Waals surface area contributed by atoms with Crippen molar-refractivity contribution in [3.05, 3.63) is 23.7 Å². The molecule has 0 radical (unpaired) electrons. The van der Waals surface area contributed by atoms with Gasteiger partial charge in [-0.2, -0.15) is 0 Å². The van der Waals surface area contributed by atoms with Gasteiger partial charge in [0.25, 0.3) is 0 Å². The number of hydrogen-bond donors (Lipinski definition) is 0. The van der Waals surface area contributed by atoms with Gasteiger partial charge in [0, 0.05) is 11.7 Å². The number of imidazole rings is 1. The Kier molecular flexibility index (Phi) is 3.73. The van der Waals surface area contributed by atoms with Gasteiger partial charge in [-0.25, -0.2) is 9.97 Å². The van der Waals surface area contributed by atoms with Gasteiger partial charge in [0.1, 0.15) is 11.3 Å². The van der Waals surface area contributed by atoms with Crippen LogP contribution >= 0.6 is 11.6 Å². The van der Waals surface area contributed by atoms with Crippen LogP contribution in [-0.2, 0) is 0 Å². The van der Waals surface area contributed by atoms with Crippen molar-refractivity contribution >= 4 is 22.8 Å². The molecule has 2 heterocycles. The maximum Gasteiger partial charge on any atom is 0.160 e. The number of nitrogens with zero attached hydrogens (tertiary/aromatic N) is 3. The van der Waals surface area contributed by atoms with Gasteiger partial charge in [0.15, 0.2) is 5.65 Å². The first-order valence-electron chi connectivity index (χ1n) is 7.87. The molecule has 2 unspecified atom stereocenters. The molecule has 2 atom stereocenters. The largest absolute Gasteiger partial charge is 0.308 e. The van der Waals surface area contributed by atoms with Crippen LogP contribution in [0.2, 0.25) is 0 Å². The summed E-state index contributed by atoms with van der Waals surface area (Å²) in [5.41, 5.74) is 3.38. The smallest absolute Gasteiger partial charge is 0.160 e. The lowest BCUT2D eigenvalue weighted by Crippen LogP contribution is -2.26. The third-order valence-electron chi connectivity index (χ3n) is 4.60. The van der Waals surface area contributed by atoms with E-state index in [4.69, 9.17) is 21.6 Å². The molecule has 3 rings (SSSR count). The third-order valence-corrected chi connectivity index (χ3v) is 4.80. The Bertz CT molecular complexity index is 657. The zero-order chi connectivity index (χ0) is 15.2. The highest BCUT2D eigenvalue weighted by atomic mass is 35.5. The topological polar surface area (TPSA) is 30.7 Å². The van der Waals surface area contributed by atoms with Gasteiger partial charge in [0.05, 0.1) is 5.38 Å². The van der Waals surface area contributed by atoms with Crippen molar-refractivity contribution in [2.45, 2.75) is 64.8 Å². The fourth-order valence-electron chi connectivity index (χ4n) is 3.61. The van der Waals surface area contributed by atoms with Crippen LogP contribution in [0, 0.1) is 12.3 Å². The van der Waals surface area contributed by atoms with E-state index in [9.17, 15) is 0 Å². The molecule has 2 aromatic heterocycles. The van der Waals surface area contributed by atoms with E-state index >= 15 is 0 Å². The normalized spacial score (nSPS) is 23.4. The first-order valence-corrected chi connectivity index (χ1v) is 8.30. The highest BCUT2D eigenvalue weighted by Crippen LogP contribution is 2.43. The number of rotatable bonds is 2. The summed E-state index contributed by atoms with van der Waals surface area (Å²) in [7, 11) is 0. The lowest BCUT2D eigenvalue weighted by atomic mass is 9.75. The second-order valence-corrected chi connectivity index (χ2v) is 7.82. The lowest BCUT2D eigenvalue weighted by molar-refractivity contribution is 0.183. The molecule has 4 heteroatoms. The third kappa shape index (κ3) is 2.80. The van der Waals surface area contributed by atoms with Crippen LogP contribution in [0.5, 0.6) is 0 Å². The summed E-state index contributed by atoms with van der Waals surface area (Å²) >= 11 is 6.40. The predicted molar refractivity (Wildman–Crippen MR) is 87.8 cm³/mol. The maximum atomic E-state index is 6.40. The van der Waals surface area contributed by atoms with E-state index in [1.807, 2.05) is 19.9 Å². The van der Waals surface area contributed by atoms with E-state index in [0.29, 0.717) is 11.5 Å². The monoisotopic (exact) mass is 305 g/mol. The maximum absolute atomic E-state index is 6.40. The molecule has 0 aromatic carbocycles. The number of halogens is 1. The van der Waals surface area contributed by atoms with Gasteiger partial charge in [-0.1, -0.05) is 20.3 Å². The summed E-state index contributed by atoms with van der Waals surface area (Å²) < 4.78 is 2.32. The Balaban J connectivity index is 2.14. The first-order chi connectivity index (χ1) is 9.87. The van der Waals surface area contributed by atoms with Gasteiger partial charge in [0.2, 0.25) is 0 Å². The summed E-state index contributed by atoms with van der Waals surface area (Å²) in [5.74, 6) is 0.965. The minimum Gasteiger partial charge on any atom is -0.308 e. The zero-order valence-corrected chi connectivity index (χ0v) is 14.1. The van der Waals surface area contributed by atoms with Crippen LogP contribution in [0.3, 0.4) is 0 Å². The number of pyridine rings is 1.